The molecule has 2 nitrogen and oxygen atoms in total. The SMILES string of the molecule is CC(C)Oc1ccc([C@H](CCN[C@H](C)c2ccccc2)C(C)C)cc1. The number of nitrogens with one attached hydrogen (secondary N) is 1. The lowest BCUT2D eigenvalue weighted by atomic mass is 9.85. The fourth-order valence-corrected chi connectivity index (χ4v) is 3.27. The van der Waals surface area contributed by atoms with Crippen molar-refractivity contribution in [1.82, 2.24) is 5.32 Å². The van der Waals surface area contributed by atoms with E-state index in [4.69, 9.17) is 4.74 Å². The monoisotopic (exact) mass is 339 g/mol. The Morgan fingerprint density at radius 3 is 2.00 bits per heavy atom. The van der Waals surface area contributed by atoms with E-state index in [-0.39, 0.29) is 6.10 Å². The van der Waals surface area contributed by atoms with Gasteiger partial charge in [-0.2, -0.15) is 0 Å². The third-order valence-electron chi connectivity index (χ3n) is 4.69. The van der Waals surface area contributed by atoms with Gasteiger partial charge in [-0.15, -0.1) is 0 Å². The van der Waals surface area contributed by atoms with Crippen LogP contribution in [0, 0.1) is 5.92 Å². The molecular weight excluding hydrogens is 306 g/mol. The van der Waals surface area contributed by atoms with Gasteiger partial charge in [0.25, 0.3) is 0 Å². The second kappa shape index (κ2) is 9.62. The van der Waals surface area contributed by atoms with Crippen LogP contribution in [0.25, 0.3) is 0 Å². The standard InChI is InChI=1S/C23H33NO/c1-17(2)23(21-11-13-22(14-12-21)25-18(3)4)15-16-24-19(5)20-9-7-6-8-10-20/h6-14,17-19,23-24H,15-16H2,1-5H3/t19-,23-/m1/s1. The quantitative estimate of drug-likeness (QED) is 0.609. The number of benzene rings is 2. The van der Waals surface area contributed by atoms with E-state index >= 15 is 0 Å². The Morgan fingerprint density at radius 1 is 0.800 bits per heavy atom. The van der Waals surface area contributed by atoms with Crippen LogP contribution in [0.4, 0.5) is 0 Å². The molecule has 2 heteroatoms. The summed E-state index contributed by atoms with van der Waals surface area (Å²) >= 11 is 0. The molecule has 0 aromatic heterocycles. The second-order valence-electron chi connectivity index (χ2n) is 7.46. The predicted molar refractivity (Wildman–Crippen MR) is 107 cm³/mol. The van der Waals surface area contributed by atoms with Gasteiger partial charge in [0.05, 0.1) is 6.10 Å². The minimum Gasteiger partial charge on any atom is -0.491 e. The average Bonchev–Trinajstić information content (AvgIpc) is 2.59. The highest BCUT2D eigenvalue weighted by molar-refractivity contribution is 5.30. The molecule has 0 radical (unpaired) electrons. The van der Waals surface area contributed by atoms with Gasteiger partial charge < -0.3 is 10.1 Å². The van der Waals surface area contributed by atoms with Crippen LogP contribution in [0.5, 0.6) is 5.75 Å². The van der Waals surface area contributed by atoms with E-state index < -0.39 is 0 Å². The molecule has 1 N–H and O–H groups in total. The first kappa shape index (κ1) is 19.5. The molecule has 25 heavy (non-hydrogen) atoms. The highest BCUT2D eigenvalue weighted by atomic mass is 16.5. The molecule has 2 aromatic rings. The van der Waals surface area contributed by atoms with Crippen molar-refractivity contribution in [2.75, 3.05) is 6.54 Å². The minimum atomic E-state index is 0.218. The van der Waals surface area contributed by atoms with E-state index in [0.717, 1.165) is 18.7 Å². The van der Waals surface area contributed by atoms with E-state index in [2.05, 4.69) is 94.5 Å². The first-order chi connectivity index (χ1) is 12.0. The van der Waals surface area contributed by atoms with Crippen LogP contribution >= 0.6 is 0 Å². The Labute approximate surface area is 153 Å². The van der Waals surface area contributed by atoms with Crippen LogP contribution in [0.15, 0.2) is 54.6 Å². The maximum Gasteiger partial charge on any atom is 0.119 e. The molecule has 0 heterocycles. The summed E-state index contributed by atoms with van der Waals surface area (Å²) < 4.78 is 5.76. The summed E-state index contributed by atoms with van der Waals surface area (Å²) in [6.45, 7) is 12.0. The topological polar surface area (TPSA) is 21.3 Å². The van der Waals surface area contributed by atoms with E-state index in [1.54, 1.807) is 0 Å². The molecule has 0 bridgehead atoms. The lowest BCUT2D eigenvalue weighted by molar-refractivity contribution is 0.242. The molecule has 0 spiro atoms. The van der Waals surface area contributed by atoms with Gasteiger partial charge in [-0.3, -0.25) is 0 Å². The number of rotatable bonds is 9. The first-order valence-corrected chi connectivity index (χ1v) is 9.52. The zero-order valence-corrected chi connectivity index (χ0v) is 16.3. The zero-order valence-electron chi connectivity index (χ0n) is 16.3. The summed E-state index contributed by atoms with van der Waals surface area (Å²) in [5.41, 5.74) is 2.75. The van der Waals surface area contributed by atoms with Crippen LogP contribution in [0.2, 0.25) is 0 Å². The van der Waals surface area contributed by atoms with Crippen molar-refractivity contribution in [3.8, 4) is 5.75 Å². The zero-order chi connectivity index (χ0) is 18.2. The molecule has 136 valence electrons. The van der Waals surface area contributed by atoms with Crippen LogP contribution in [-0.2, 0) is 0 Å². The number of hydrogen-bond acceptors (Lipinski definition) is 2. The molecule has 2 atom stereocenters. The van der Waals surface area contributed by atoms with Crippen molar-refractivity contribution >= 4 is 0 Å². The molecule has 0 amide bonds. The predicted octanol–water partition coefficient (Wildman–Crippen LogP) is 5.95. The molecule has 0 aliphatic rings. The van der Waals surface area contributed by atoms with Gasteiger partial charge >= 0.3 is 0 Å². The maximum atomic E-state index is 5.76. The molecule has 0 saturated carbocycles. The lowest BCUT2D eigenvalue weighted by Crippen LogP contribution is -2.22. The minimum absolute atomic E-state index is 0.218. The largest absolute Gasteiger partial charge is 0.491 e. The van der Waals surface area contributed by atoms with Gasteiger partial charge in [-0.05, 0) is 68.8 Å². The maximum absolute atomic E-state index is 5.76. The molecule has 2 rings (SSSR count). The van der Waals surface area contributed by atoms with Gasteiger partial charge in [-0.1, -0.05) is 56.3 Å². The van der Waals surface area contributed by atoms with Crippen LogP contribution < -0.4 is 10.1 Å². The summed E-state index contributed by atoms with van der Waals surface area (Å²) in [6.07, 6.45) is 1.36. The van der Waals surface area contributed by atoms with Gasteiger partial charge in [0.15, 0.2) is 0 Å². The van der Waals surface area contributed by atoms with Crippen molar-refractivity contribution in [2.24, 2.45) is 5.92 Å². The Kier molecular flexibility index (Phi) is 7.52. The summed E-state index contributed by atoms with van der Waals surface area (Å²) in [7, 11) is 0. The third-order valence-corrected chi connectivity index (χ3v) is 4.69. The molecule has 0 saturated heterocycles. The van der Waals surface area contributed by atoms with Crippen molar-refractivity contribution in [3.05, 3.63) is 65.7 Å². The van der Waals surface area contributed by atoms with E-state index in [0.29, 0.717) is 17.9 Å². The molecule has 2 aromatic carbocycles. The van der Waals surface area contributed by atoms with Gasteiger partial charge in [0.2, 0.25) is 0 Å². The molecular formula is C23H33NO. The Morgan fingerprint density at radius 2 is 1.44 bits per heavy atom. The molecule has 0 aliphatic carbocycles. The highest BCUT2D eigenvalue weighted by Gasteiger charge is 2.16. The van der Waals surface area contributed by atoms with Crippen LogP contribution in [-0.4, -0.2) is 12.6 Å². The normalized spacial score (nSPS) is 13.9. The van der Waals surface area contributed by atoms with E-state index in [9.17, 15) is 0 Å². The summed E-state index contributed by atoms with van der Waals surface area (Å²) in [5.74, 6) is 2.13. The lowest BCUT2D eigenvalue weighted by Gasteiger charge is -2.23. The highest BCUT2D eigenvalue weighted by Crippen LogP contribution is 2.29. The molecule has 0 aliphatic heterocycles. The van der Waals surface area contributed by atoms with E-state index in [1.165, 1.54) is 11.1 Å². The van der Waals surface area contributed by atoms with Gasteiger partial charge in [0.1, 0.15) is 5.75 Å². The van der Waals surface area contributed by atoms with Crippen molar-refractivity contribution in [1.29, 1.82) is 0 Å². The Balaban J connectivity index is 1.92. The van der Waals surface area contributed by atoms with Crippen molar-refractivity contribution < 1.29 is 4.74 Å². The smallest absolute Gasteiger partial charge is 0.119 e. The average molecular weight is 340 g/mol. The van der Waals surface area contributed by atoms with Gasteiger partial charge in [-0.25, -0.2) is 0 Å². The summed E-state index contributed by atoms with van der Waals surface area (Å²) in [4.78, 5) is 0. The molecule has 0 unspecified atom stereocenters. The first-order valence-electron chi connectivity index (χ1n) is 9.52. The Hall–Kier alpha value is -1.80. The second-order valence-corrected chi connectivity index (χ2v) is 7.46. The summed E-state index contributed by atoms with van der Waals surface area (Å²) in [6, 6.07) is 19.7. The fourth-order valence-electron chi connectivity index (χ4n) is 3.27. The number of hydrogen-bond donors (Lipinski definition) is 1. The summed E-state index contributed by atoms with van der Waals surface area (Å²) in [5, 5.41) is 3.67. The molecule has 0 fully saturated rings. The number of ether oxygens (including phenoxy) is 1. The van der Waals surface area contributed by atoms with Crippen LogP contribution in [0.3, 0.4) is 0 Å². The van der Waals surface area contributed by atoms with Crippen LogP contribution in [0.1, 0.15) is 64.1 Å². The van der Waals surface area contributed by atoms with Crippen molar-refractivity contribution in [2.45, 2.75) is 59.1 Å². The van der Waals surface area contributed by atoms with Gasteiger partial charge in [0, 0.05) is 6.04 Å². The van der Waals surface area contributed by atoms with E-state index in [1.807, 2.05) is 0 Å². The fraction of sp³-hybridized carbons (Fsp3) is 0.478. The third kappa shape index (κ3) is 6.21. The Bertz CT molecular complexity index is 604. The van der Waals surface area contributed by atoms with Crippen molar-refractivity contribution in [3.63, 3.8) is 0 Å².